The number of methoxy groups -OCH3 is 1. The van der Waals surface area contributed by atoms with E-state index in [0.29, 0.717) is 18.0 Å². The number of anilines is 1. The number of benzene rings is 1. The average Bonchev–Trinajstić information content (AvgIpc) is 2.45. The lowest BCUT2D eigenvalue weighted by Gasteiger charge is -2.32. The van der Waals surface area contributed by atoms with Gasteiger partial charge in [0.05, 0.1) is 23.7 Å². The third-order valence-corrected chi connectivity index (χ3v) is 3.74. The Labute approximate surface area is 117 Å². The highest BCUT2D eigenvalue weighted by molar-refractivity contribution is 5.56. The van der Waals surface area contributed by atoms with Crippen molar-refractivity contribution in [2.24, 2.45) is 0 Å². The molecule has 2 rings (SSSR count). The Morgan fingerprint density at radius 3 is 2.65 bits per heavy atom. The van der Waals surface area contributed by atoms with Crippen LogP contribution < -0.4 is 10.1 Å². The van der Waals surface area contributed by atoms with E-state index in [0.717, 1.165) is 32.1 Å². The summed E-state index contributed by atoms with van der Waals surface area (Å²) in [4.78, 5) is 10.4. The van der Waals surface area contributed by atoms with Crippen LogP contribution in [0.1, 0.15) is 32.1 Å². The molecule has 1 fully saturated rings. The number of nitrogens with one attached hydrogen (secondary N) is 1. The van der Waals surface area contributed by atoms with Gasteiger partial charge in [-0.05, 0) is 12.8 Å². The predicted molar refractivity (Wildman–Crippen MR) is 76.2 cm³/mol. The van der Waals surface area contributed by atoms with Crippen molar-refractivity contribution in [2.75, 3.05) is 19.0 Å². The maximum atomic E-state index is 10.9. The first-order valence-electron chi connectivity index (χ1n) is 6.82. The molecule has 0 bridgehead atoms. The highest BCUT2D eigenvalue weighted by atomic mass is 16.6. The molecule has 0 amide bonds. The molecule has 6 nitrogen and oxygen atoms in total. The van der Waals surface area contributed by atoms with Crippen molar-refractivity contribution < 1.29 is 14.8 Å². The lowest BCUT2D eigenvalue weighted by molar-refractivity contribution is -0.384. The van der Waals surface area contributed by atoms with Crippen LogP contribution in [0.25, 0.3) is 0 Å². The van der Waals surface area contributed by atoms with Crippen molar-refractivity contribution in [3.05, 3.63) is 28.3 Å². The molecule has 0 heterocycles. The molecule has 20 heavy (non-hydrogen) atoms. The summed E-state index contributed by atoms with van der Waals surface area (Å²) in [7, 11) is 1.47. The fourth-order valence-corrected chi connectivity index (χ4v) is 2.56. The van der Waals surface area contributed by atoms with E-state index in [9.17, 15) is 15.2 Å². The van der Waals surface area contributed by atoms with Crippen molar-refractivity contribution in [1.29, 1.82) is 0 Å². The van der Waals surface area contributed by atoms with Crippen LogP contribution in [0.15, 0.2) is 18.2 Å². The van der Waals surface area contributed by atoms with Crippen molar-refractivity contribution in [3.63, 3.8) is 0 Å². The van der Waals surface area contributed by atoms with Gasteiger partial charge in [0.2, 0.25) is 0 Å². The van der Waals surface area contributed by atoms with Crippen molar-refractivity contribution in [1.82, 2.24) is 0 Å². The number of hydrogen-bond donors (Lipinski definition) is 2. The van der Waals surface area contributed by atoms with E-state index in [2.05, 4.69) is 5.32 Å². The van der Waals surface area contributed by atoms with E-state index in [1.165, 1.54) is 19.2 Å². The summed E-state index contributed by atoms with van der Waals surface area (Å²) in [5, 5.41) is 24.4. The fourth-order valence-electron chi connectivity index (χ4n) is 2.56. The van der Waals surface area contributed by atoms with E-state index < -0.39 is 10.5 Å². The second-order valence-electron chi connectivity index (χ2n) is 5.32. The van der Waals surface area contributed by atoms with E-state index in [1.807, 2.05) is 0 Å². The Hall–Kier alpha value is -1.82. The number of nitro benzene ring substituents is 1. The quantitative estimate of drug-likeness (QED) is 0.640. The average molecular weight is 280 g/mol. The van der Waals surface area contributed by atoms with E-state index in [1.54, 1.807) is 6.07 Å². The maximum absolute atomic E-state index is 10.9. The standard InChI is InChI=1S/C14H20N2O4/c1-20-13-8-11(7-12(9-13)16(18)19)15-10-14(17)5-3-2-4-6-14/h7-9,15,17H,2-6,10H2,1H3. The molecule has 110 valence electrons. The van der Waals surface area contributed by atoms with Crippen LogP contribution >= 0.6 is 0 Å². The van der Waals surface area contributed by atoms with Gasteiger partial charge in [-0.25, -0.2) is 0 Å². The molecule has 0 saturated heterocycles. The molecule has 1 aromatic rings. The number of nitrogens with zero attached hydrogens (tertiary/aromatic N) is 1. The largest absolute Gasteiger partial charge is 0.496 e. The Bertz CT molecular complexity index is 484. The minimum absolute atomic E-state index is 0.0255. The number of aliphatic hydroxyl groups is 1. The SMILES string of the molecule is COc1cc(NCC2(O)CCCCC2)cc([N+](=O)[O-])c1. The molecule has 1 saturated carbocycles. The second-order valence-corrected chi connectivity index (χ2v) is 5.32. The van der Waals surface area contributed by atoms with Crippen LogP contribution in [0.4, 0.5) is 11.4 Å². The molecular formula is C14H20N2O4. The topological polar surface area (TPSA) is 84.6 Å². The molecule has 0 radical (unpaired) electrons. The van der Waals surface area contributed by atoms with Crippen LogP contribution in [0.3, 0.4) is 0 Å². The zero-order chi connectivity index (χ0) is 14.6. The minimum atomic E-state index is -0.712. The second kappa shape index (κ2) is 6.09. The number of hydrogen-bond acceptors (Lipinski definition) is 5. The molecule has 0 aromatic heterocycles. The van der Waals surface area contributed by atoms with Gasteiger partial charge in [0.25, 0.3) is 5.69 Å². The van der Waals surface area contributed by atoms with E-state index in [4.69, 9.17) is 4.74 Å². The lowest BCUT2D eigenvalue weighted by Crippen LogP contribution is -2.38. The maximum Gasteiger partial charge on any atom is 0.275 e. The van der Waals surface area contributed by atoms with Gasteiger partial charge in [-0.1, -0.05) is 19.3 Å². The van der Waals surface area contributed by atoms with Gasteiger partial charge in [0.15, 0.2) is 0 Å². The molecule has 0 atom stereocenters. The fraction of sp³-hybridized carbons (Fsp3) is 0.571. The monoisotopic (exact) mass is 280 g/mol. The van der Waals surface area contributed by atoms with Crippen LogP contribution in [0, 0.1) is 10.1 Å². The summed E-state index contributed by atoms with van der Waals surface area (Å²) < 4.78 is 5.06. The molecular weight excluding hydrogens is 260 g/mol. The first-order valence-corrected chi connectivity index (χ1v) is 6.82. The number of rotatable bonds is 5. The summed E-state index contributed by atoms with van der Waals surface area (Å²) >= 11 is 0. The lowest BCUT2D eigenvalue weighted by atomic mass is 9.85. The van der Waals surface area contributed by atoms with Crippen LogP contribution in [0.2, 0.25) is 0 Å². The summed E-state index contributed by atoms with van der Waals surface area (Å²) in [6, 6.07) is 4.52. The van der Waals surface area contributed by atoms with Crippen LogP contribution in [0.5, 0.6) is 5.75 Å². The summed E-state index contributed by atoms with van der Waals surface area (Å²) in [6.45, 7) is 0.400. The third-order valence-electron chi connectivity index (χ3n) is 3.74. The van der Waals surface area contributed by atoms with Crippen LogP contribution in [-0.4, -0.2) is 29.3 Å². The normalized spacial score (nSPS) is 17.5. The third kappa shape index (κ3) is 3.60. The van der Waals surface area contributed by atoms with Gasteiger partial charge >= 0.3 is 0 Å². The minimum Gasteiger partial charge on any atom is -0.496 e. The van der Waals surface area contributed by atoms with Gasteiger partial charge in [-0.3, -0.25) is 10.1 Å². The summed E-state index contributed by atoms with van der Waals surface area (Å²) in [5.74, 6) is 0.428. The Morgan fingerprint density at radius 1 is 1.35 bits per heavy atom. The molecule has 1 aromatic carbocycles. The summed E-state index contributed by atoms with van der Waals surface area (Å²) in [5.41, 5.74) is -0.145. The number of non-ortho nitro benzene ring substituents is 1. The van der Waals surface area contributed by atoms with Gasteiger partial charge < -0.3 is 15.2 Å². The Kier molecular flexibility index (Phi) is 4.44. The van der Waals surface area contributed by atoms with Gasteiger partial charge in [-0.15, -0.1) is 0 Å². The molecule has 1 aliphatic rings. The molecule has 1 aliphatic carbocycles. The molecule has 0 spiro atoms. The zero-order valence-electron chi connectivity index (χ0n) is 11.6. The zero-order valence-corrected chi connectivity index (χ0v) is 11.6. The Balaban J connectivity index is 2.08. The van der Waals surface area contributed by atoms with E-state index in [-0.39, 0.29) is 5.69 Å². The number of ether oxygens (including phenoxy) is 1. The first-order chi connectivity index (χ1) is 9.52. The highest BCUT2D eigenvalue weighted by Gasteiger charge is 2.28. The predicted octanol–water partition coefficient (Wildman–Crippen LogP) is 2.71. The molecule has 2 N–H and O–H groups in total. The smallest absolute Gasteiger partial charge is 0.275 e. The van der Waals surface area contributed by atoms with Crippen molar-refractivity contribution >= 4 is 11.4 Å². The van der Waals surface area contributed by atoms with Gasteiger partial charge in [0.1, 0.15) is 5.75 Å². The molecule has 0 unspecified atom stereocenters. The Morgan fingerprint density at radius 2 is 2.05 bits per heavy atom. The number of nitro groups is 1. The molecule has 6 heteroatoms. The van der Waals surface area contributed by atoms with Crippen molar-refractivity contribution in [2.45, 2.75) is 37.7 Å². The highest BCUT2D eigenvalue weighted by Crippen LogP contribution is 2.30. The summed E-state index contributed by atoms with van der Waals surface area (Å²) in [6.07, 6.45) is 4.75. The van der Waals surface area contributed by atoms with E-state index >= 15 is 0 Å². The van der Waals surface area contributed by atoms with Crippen LogP contribution in [-0.2, 0) is 0 Å². The van der Waals surface area contributed by atoms with Gasteiger partial charge in [-0.2, -0.15) is 0 Å². The van der Waals surface area contributed by atoms with Crippen molar-refractivity contribution in [3.8, 4) is 5.75 Å². The first kappa shape index (κ1) is 14.6. The van der Waals surface area contributed by atoms with Gasteiger partial charge in [0, 0.05) is 24.4 Å². The molecule has 0 aliphatic heterocycles.